The summed E-state index contributed by atoms with van der Waals surface area (Å²) in [5, 5.41) is 3.44. The molecular weight excluding hydrogens is 444 g/mol. The second kappa shape index (κ2) is 9.22. The molecule has 4 aromatic rings. The molecule has 2 aromatic heterocycles. The van der Waals surface area contributed by atoms with Gasteiger partial charge < -0.3 is 10.1 Å². The third kappa shape index (κ3) is 5.60. The first-order chi connectivity index (χ1) is 15.3. The van der Waals surface area contributed by atoms with Gasteiger partial charge in [0, 0.05) is 17.9 Å². The van der Waals surface area contributed by atoms with Crippen LogP contribution in [0.1, 0.15) is 24.4 Å². The first-order valence-corrected chi connectivity index (χ1v) is 13.1. The SMILES string of the molecule is Cc1nc(NC(C)c2cccc(OCCS(C)(=O)=O)c2)cc(-c2ccc3ncsc3c2)n1. The average molecular weight is 469 g/mol. The van der Waals surface area contributed by atoms with Crippen molar-refractivity contribution < 1.29 is 13.2 Å². The van der Waals surface area contributed by atoms with Crippen LogP contribution in [0.25, 0.3) is 21.5 Å². The monoisotopic (exact) mass is 468 g/mol. The Morgan fingerprint density at radius 2 is 1.97 bits per heavy atom. The zero-order valence-electron chi connectivity index (χ0n) is 18.1. The summed E-state index contributed by atoms with van der Waals surface area (Å²) in [7, 11) is -3.06. The van der Waals surface area contributed by atoms with Crippen LogP contribution in [0.4, 0.5) is 5.82 Å². The number of aryl methyl sites for hydroxylation is 1. The first kappa shape index (κ1) is 22.2. The lowest BCUT2D eigenvalue weighted by molar-refractivity contribution is 0.340. The van der Waals surface area contributed by atoms with E-state index in [2.05, 4.69) is 26.3 Å². The highest BCUT2D eigenvalue weighted by molar-refractivity contribution is 7.90. The van der Waals surface area contributed by atoms with Gasteiger partial charge in [-0.3, -0.25) is 0 Å². The van der Waals surface area contributed by atoms with Gasteiger partial charge in [-0.25, -0.2) is 23.4 Å². The number of fused-ring (bicyclic) bond motifs is 1. The smallest absolute Gasteiger partial charge is 0.150 e. The van der Waals surface area contributed by atoms with Crippen molar-refractivity contribution in [3.8, 4) is 17.0 Å². The van der Waals surface area contributed by atoms with Crippen LogP contribution >= 0.6 is 11.3 Å². The number of ether oxygens (including phenoxy) is 1. The summed E-state index contributed by atoms with van der Waals surface area (Å²) in [4.78, 5) is 13.5. The molecule has 0 radical (unpaired) electrons. The Balaban J connectivity index is 1.51. The van der Waals surface area contributed by atoms with Crippen molar-refractivity contribution in [3.05, 3.63) is 65.4 Å². The summed E-state index contributed by atoms with van der Waals surface area (Å²) < 4.78 is 29.3. The third-order valence-corrected chi connectivity index (χ3v) is 6.61. The molecule has 32 heavy (non-hydrogen) atoms. The van der Waals surface area contributed by atoms with Gasteiger partial charge in [0.05, 0.1) is 33.2 Å². The minimum Gasteiger partial charge on any atom is -0.493 e. The summed E-state index contributed by atoms with van der Waals surface area (Å²) in [6.07, 6.45) is 1.20. The number of nitrogens with one attached hydrogen (secondary N) is 1. The summed E-state index contributed by atoms with van der Waals surface area (Å²) in [5.41, 5.74) is 5.69. The largest absolute Gasteiger partial charge is 0.493 e. The number of rotatable bonds is 8. The normalized spacial score (nSPS) is 12.6. The van der Waals surface area contributed by atoms with Crippen LogP contribution in [0.5, 0.6) is 5.75 Å². The van der Waals surface area contributed by atoms with Crippen molar-refractivity contribution in [2.24, 2.45) is 0 Å². The third-order valence-electron chi connectivity index (χ3n) is 4.91. The van der Waals surface area contributed by atoms with Gasteiger partial charge in [0.1, 0.15) is 24.0 Å². The second-order valence-corrected chi connectivity index (χ2v) is 10.8. The van der Waals surface area contributed by atoms with Gasteiger partial charge in [0.25, 0.3) is 0 Å². The Morgan fingerprint density at radius 1 is 1.12 bits per heavy atom. The molecule has 0 saturated carbocycles. The lowest BCUT2D eigenvalue weighted by atomic mass is 10.1. The van der Waals surface area contributed by atoms with Crippen LogP contribution in [0.15, 0.2) is 54.0 Å². The van der Waals surface area contributed by atoms with Crippen molar-refractivity contribution in [2.45, 2.75) is 19.9 Å². The number of anilines is 1. The lowest BCUT2D eigenvalue weighted by Crippen LogP contribution is -2.12. The number of thiazole rings is 1. The lowest BCUT2D eigenvalue weighted by Gasteiger charge is -2.17. The molecule has 4 rings (SSSR count). The first-order valence-electron chi connectivity index (χ1n) is 10.1. The molecule has 9 heteroatoms. The number of hydrogen-bond donors (Lipinski definition) is 1. The molecule has 0 spiro atoms. The highest BCUT2D eigenvalue weighted by Crippen LogP contribution is 2.28. The second-order valence-electron chi connectivity index (χ2n) is 7.64. The Hall–Kier alpha value is -3.04. The summed E-state index contributed by atoms with van der Waals surface area (Å²) >= 11 is 1.61. The van der Waals surface area contributed by atoms with Gasteiger partial charge in [0.2, 0.25) is 0 Å². The Morgan fingerprint density at radius 3 is 2.78 bits per heavy atom. The minimum absolute atomic E-state index is 0.0126. The molecule has 1 N–H and O–H groups in total. The van der Waals surface area contributed by atoms with Gasteiger partial charge in [-0.2, -0.15) is 0 Å². The summed E-state index contributed by atoms with van der Waals surface area (Å²) in [6, 6.07) is 15.6. The fraction of sp³-hybridized carbons (Fsp3) is 0.261. The standard InChI is InChI=1S/C23H24N4O3S2/c1-15(17-5-4-6-19(11-17)30-9-10-32(3,28)29)25-23-13-21(26-16(2)27-23)18-7-8-20-22(12-18)31-14-24-20/h4-8,11-15H,9-10H2,1-3H3,(H,25,26,27). The molecule has 2 heterocycles. The maximum absolute atomic E-state index is 11.3. The summed E-state index contributed by atoms with van der Waals surface area (Å²) in [6.45, 7) is 4.04. The highest BCUT2D eigenvalue weighted by atomic mass is 32.2. The molecule has 2 aromatic carbocycles. The van der Waals surface area contributed by atoms with Gasteiger partial charge >= 0.3 is 0 Å². The van der Waals surface area contributed by atoms with E-state index < -0.39 is 9.84 Å². The van der Waals surface area contributed by atoms with E-state index in [4.69, 9.17) is 4.74 Å². The molecular formula is C23H24N4O3S2. The van der Waals surface area contributed by atoms with Gasteiger partial charge in [-0.1, -0.05) is 18.2 Å². The quantitative estimate of drug-likeness (QED) is 0.402. The van der Waals surface area contributed by atoms with E-state index in [0.29, 0.717) is 11.6 Å². The predicted molar refractivity (Wildman–Crippen MR) is 129 cm³/mol. The zero-order chi connectivity index (χ0) is 22.7. The fourth-order valence-electron chi connectivity index (χ4n) is 3.29. The maximum Gasteiger partial charge on any atom is 0.150 e. The molecule has 0 amide bonds. The molecule has 0 aliphatic rings. The fourth-order valence-corrected chi connectivity index (χ4v) is 4.40. The van der Waals surface area contributed by atoms with Crippen LogP contribution in [-0.4, -0.2) is 42.0 Å². The number of sulfone groups is 1. The molecule has 166 valence electrons. The van der Waals surface area contributed by atoms with Crippen molar-refractivity contribution in [1.82, 2.24) is 15.0 Å². The van der Waals surface area contributed by atoms with E-state index in [9.17, 15) is 8.42 Å². The van der Waals surface area contributed by atoms with E-state index >= 15 is 0 Å². The minimum atomic E-state index is -3.06. The number of nitrogens with zero attached hydrogens (tertiary/aromatic N) is 3. The van der Waals surface area contributed by atoms with Crippen molar-refractivity contribution in [3.63, 3.8) is 0 Å². The molecule has 0 saturated heterocycles. The van der Waals surface area contributed by atoms with Crippen LogP contribution in [0, 0.1) is 6.92 Å². The summed E-state index contributed by atoms with van der Waals surface area (Å²) in [5.74, 6) is 2.03. The van der Waals surface area contributed by atoms with Crippen molar-refractivity contribution >= 4 is 37.2 Å². The molecule has 0 aliphatic heterocycles. The van der Waals surface area contributed by atoms with Crippen LogP contribution in [0.2, 0.25) is 0 Å². The Labute approximate surface area is 191 Å². The number of aromatic nitrogens is 3. The van der Waals surface area contributed by atoms with E-state index in [1.165, 1.54) is 6.26 Å². The molecule has 1 unspecified atom stereocenters. The Kier molecular flexibility index (Phi) is 6.38. The Bertz CT molecular complexity index is 1350. The van der Waals surface area contributed by atoms with Crippen LogP contribution < -0.4 is 10.1 Å². The molecule has 0 aliphatic carbocycles. The van der Waals surface area contributed by atoms with Crippen LogP contribution in [-0.2, 0) is 9.84 Å². The van der Waals surface area contributed by atoms with Crippen molar-refractivity contribution in [2.75, 3.05) is 23.9 Å². The van der Waals surface area contributed by atoms with Crippen LogP contribution in [0.3, 0.4) is 0 Å². The molecule has 1 atom stereocenters. The van der Waals surface area contributed by atoms with E-state index in [-0.39, 0.29) is 18.4 Å². The topological polar surface area (TPSA) is 94.1 Å². The predicted octanol–water partition coefficient (Wildman–Crippen LogP) is 4.66. The zero-order valence-corrected chi connectivity index (χ0v) is 19.7. The number of benzene rings is 2. The van der Waals surface area contributed by atoms with Gasteiger partial charge in [0.15, 0.2) is 9.84 Å². The van der Waals surface area contributed by atoms with Crippen molar-refractivity contribution in [1.29, 1.82) is 0 Å². The average Bonchev–Trinajstić information content (AvgIpc) is 3.20. The molecule has 0 fully saturated rings. The van der Waals surface area contributed by atoms with Gasteiger partial charge in [-0.05, 0) is 43.7 Å². The van der Waals surface area contributed by atoms with E-state index in [0.717, 1.165) is 32.9 Å². The molecule has 0 bridgehead atoms. The van der Waals surface area contributed by atoms with E-state index in [1.54, 1.807) is 11.3 Å². The number of hydrogen-bond acceptors (Lipinski definition) is 8. The van der Waals surface area contributed by atoms with E-state index in [1.807, 2.05) is 61.8 Å². The van der Waals surface area contributed by atoms with Gasteiger partial charge in [-0.15, -0.1) is 11.3 Å². The maximum atomic E-state index is 11.3. The molecule has 7 nitrogen and oxygen atoms in total. The highest BCUT2D eigenvalue weighted by Gasteiger charge is 2.11.